The van der Waals surface area contributed by atoms with Gasteiger partial charge in [-0.15, -0.1) is 0 Å². The fraction of sp³-hybridized carbons (Fsp3) is 0.421. The Morgan fingerprint density at radius 3 is 2.76 bits per heavy atom. The predicted octanol–water partition coefficient (Wildman–Crippen LogP) is 0.312. The molecule has 3 rings (SSSR count). The summed E-state index contributed by atoms with van der Waals surface area (Å²) in [7, 11) is 3.15. The lowest BCUT2D eigenvalue weighted by atomic mass is 10.3. The van der Waals surface area contributed by atoms with Gasteiger partial charge in [0.05, 0.1) is 6.54 Å². The van der Waals surface area contributed by atoms with Crippen LogP contribution in [0.15, 0.2) is 39.9 Å². The monoisotopic (exact) mass is 403 g/mol. The Morgan fingerprint density at radius 2 is 2.03 bits per heavy atom. The summed E-state index contributed by atoms with van der Waals surface area (Å²) in [5.74, 6) is 1.03. The summed E-state index contributed by atoms with van der Waals surface area (Å²) >= 11 is 0. The van der Waals surface area contributed by atoms with E-state index < -0.39 is 17.4 Å². The van der Waals surface area contributed by atoms with Gasteiger partial charge >= 0.3 is 5.69 Å². The van der Waals surface area contributed by atoms with Crippen molar-refractivity contribution in [2.24, 2.45) is 7.05 Å². The lowest BCUT2D eigenvalue weighted by molar-refractivity contribution is 0.0938. The maximum atomic E-state index is 12.4. The summed E-state index contributed by atoms with van der Waals surface area (Å²) in [6.07, 6.45) is -0.168. The van der Waals surface area contributed by atoms with Crippen LogP contribution in [0.5, 0.6) is 5.75 Å². The van der Waals surface area contributed by atoms with Crippen LogP contribution in [-0.4, -0.2) is 57.2 Å². The zero-order valence-electron chi connectivity index (χ0n) is 16.4. The molecule has 2 aromatic heterocycles. The number of aromatic nitrogens is 4. The third-order valence-electron chi connectivity index (χ3n) is 4.39. The summed E-state index contributed by atoms with van der Waals surface area (Å²) in [6.45, 7) is 1.23. The van der Waals surface area contributed by atoms with E-state index in [2.05, 4.69) is 15.3 Å². The molecule has 0 aliphatic rings. The molecule has 156 valence electrons. The molecule has 0 amide bonds. The highest BCUT2D eigenvalue weighted by molar-refractivity contribution is 5.74. The van der Waals surface area contributed by atoms with E-state index in [4.69, 9.17) is 9.47 Å². The first-order valence-corrected chi connectivity index (χ1v) is 9.29. The third kappa shape index (κ3) is 4.84. The van der Waals surface area contributed by atoms with Gasteiger partial charge in [0.1, 0.15) is 18.5 Å². The molecule has 0 bridgehead atoms. The molecule has 0 radical (unpaired) electrons. The number of rotatable bonds is 10. The molecule has 0 fully saturated rings. The van der Waals surface area contributed by atoms with Crippen LogP contribution in [0.3, 0.4) is 0 Å². The number of para-hydroxylation sites is 1. The van der Waals surface area contributed by atoms with Crippen molar-refractivity contribution in [1.82, 2.24) is 19.1 Å². The number of benzene rings is 1. The van der Waals surface area contributed by atoms with Crippen LogP contribution >= 0.6 is 0 Å². The molecule has 0 spiro atoms. The highest BCUT2D eigenvalue weighted by atomic mass is 16.5. The molecule has 10 nitrogen and oxygen atoms in total. The number of imidazole rings is 1. The first-order chi connectivity index (χ1) is 14.0. The second-order valence-electron chi connectivity index (χ2n) is 6.59. The Hall–Kier alpha value is -3.11. The van der Waals surface area contributed by atoms with Crippen LogP contribution in [-0.2, 0) is 18.3 Å². The lowest BCUT2D eigenvalue weighted by Gasteiger charge is -2.16. The molecule has 1 aromatic carbocycles. The average molecular weight is 403 g/mol. The standard InChI is InChI=1S/C19H25N5O5/c1-23-16-15(17(26)22-19(23)27)24(18(21-16)20-9-6-10-28-2)11-13(25)12-29-14-7-4-3-5-8-14/h3-5,7-8,13,25H,6,9-12H2,1-2H3,(H,20,21)(H,22,26,27)/t13-/m1/s1. The van der Waals surface area contributed by atoms with Crippen molar-refractivity contribution in [2.75, 3.05) is 32.2 Å². The number of hydrogen-bond donors (Lipinski definition) is 3. The van der Waals surface area contributed by atoms with Gasteiger partial charge in [0, 0.05) is 27.3 Å². The van der Waals surface area contributed by atoms with Crippen molar-refractivity contribution in [3.63, 3.8) is 0 Å². The molecule has 0 aliphatic carbocycles. The maximum Gasteiger partial charge on any atom is 0.329 e. The Kier molecular flexibility index (Phi) is 6.68. The van der Waals surface area contributed by atoms with Crippen LogP contribution in [0.2, 0.25) is 0 Å². The number of anilines is 1. The predicted molar refractivity (Wildman–Crippen MR) is 109 cm³/mol. The Labute approximate surface area is 166 Å². The molecule has 1 atom stereocenters. The third-order valence-corrected chi connectivity index (χ3v) is 4.39. The van der Waals surface area contributed by atoms with E-state index in [1.807, 2.05) is 18.2 Å². The van der Waals surface area contributed by atoms with E-state index in [0.29, 0.717) is 24.8 Å². The van der Waals surface area contributed by atoms with Gasteiger partial charge in [0.2, 0.25) is 5.95 Å². The van der Waals surface area contributed by atoms with Crippen molar-refractivity contribution >= 4 is 17.1 Å². The average Bonchev–Trinajstić information content (AvgIpc) is 3.07. The second kappa shape index (κ2) is 9.39. The molecule has 0 saturated heterocycles. The number of aryl methyl sites for hydroxylation is 1. The molecule has 0 unspecified atom stereocenters. The Bertz CT molecular complexity index is 1060. The number of aliphatic hydroxyl groups excluding tert-OH is 1. The molecular formula is C19H25N5O5. The minimum absolute atomic E-state index is 0.0382. The molecule has 10 heteroatoms. The van der Waals surface area contributed by atoms with Gasteiger partial charge in [-0.25, -0.2) is 4.79 Å². The van der Waals surface area contributed by atoms with Crippen LogP contribution in [0.4, 0.5) is 5.95 Å². The first kappa shape index (κ1) is 20.6. The summed E-state index contributed by atoms with van der Waals surface area (Å²) in [5.41, 5.74) is -0.660. The minimum Gasteiger partial charge on any atom is -0.491 e. The number of fused-ring (bicyclic) bond motifs is 1. The fourth-order valence-corrected chi connectivity index (χ4v) is 2.94. The van der Waals surface area contributed by atoms with E-state index in [1.165, 1.54) is 11.6 Å². The number of ether oxygens (including phenoxy) is 2. The molecular weight excluding hydrogens is 378 g/mol. The zero-order chi connectivity index (χ0) is 20.8. The van der Waals surface area contributed by atoms with Crippen molar-refractivity contribution < 1.29 is 14.6 Å². The topological polar surface area (TPSA) is 123 Å². The highest BCUT2D eigenvalue weighted by Gasteiger charge is 2.19. The summed E-state index contributed by atoms with van der Waals surface area (Å²) in [6, 6.07) is 9.14. The van der Waals surface area contributed by atoms with E-state index >= 15 is 0 Å². The number of nitrogens with one attached hydrogen (secondary N) is 2. The first-order valence-electron chi connectivity index (χ1n) is 9.29. The lowest BCUT2D eigenvalue weighted by Crippen LogP contribution is -2.31. The van der Waals surface area contributed by atoms with Gasteiger partial charge in [0.25, 0.3) is 5.56 Å². The maximum absolute atomic E-state index is 12.4. The molecule has 3 aromatic rings. The molecule has 29 heavy (non-hydrogen) atoms. The number of methoxy groups -OCH3 is 1. The van der Waals surface area contributed by atoms with Gasteiger partial charge in [-0.3, -0.25) is 14.3 Å². The van der Waals surface area contributed by atoms with Gasteiger partial charge in [-0.2, -0.15) is 4.98 Å². The van der Waals surface area contributed by atoms with Gasteiger partial charge in [-0.1, -0.05) is 18.2 Å². The second-order valence-corrected chi connectivity index (χ2v) is 6.59. The summed E-state index contributed by atoms with van der Waals surface area (Å²) in [5, 5.41) is 13.6. The number of aliphatic hydroxyl groups is 1. The largest absolute Gasteiger partial charge is 0.491 e. The van der Waals surface area contributed by atoms with Gasteiger partial charge in [0.15, 0.2) is 11.2 Å². The molecule has 3 N–H and O–H groups in total. The molecule has 0 aliphatic heterocycles. The van der Waals surface area contributed by atoms with E-state index in [0.717, 1.165) is 6.42 Å². The Morgan fingerprint density at radius 1 is 1.28 bits per heavy atom. The van der Waals surface area contributed by atoms with Crippen LogP contribution in [0.1, 0.15) is 6.42 Å². The van der Waals surface area contributed by atoms with E-state index in [9.17, 15) is 14.7 Å². The Balaban J connectivity index is 1.85. The van der Waals surface area contributed by atoms with Crippen molar-refractivity contribution in [1.29, 1.82) is 0 Å². The number of nitrogens with zero attached hydrogens (tertiary/aromatic N) is 3. The van der Waals surface area contributed by atoms with Crippen molar-refractivity contribution in [2.45, 2.75) is 19.1 Å². The molecule has 2 heterocycles. The summed E-state index contributed by atoms with van der Waals surface area (Å²) in [4.78, 5) is 31.0. The van der Waals surface area contributed by atoms with E-state index in [1.54, 1.807) is 23.8 Å². The summed E-state index contributed by atoms with van der Waals surface area (Å²) < 4.78 is 13.5. The van der Waals surface area contributed by atoms with Gasteiger partial charge in [-0.05, 0) is 18.6 Å². The zero-order valence-corrected chi connectivity index (χ0v) is 16.4. The van der Waals surface area contributed by atoms with E-state index in [-0.39, 0.29) is 24.3 Å². The minimum atomic E-state index is -0.899. The smallest absolute Gasteiger partial charge is 0.329 e. The fourth-order valence-electron chi connectivity index (χ4n) is 2.94. The van der Waals surface area contributed by atoms with Crippen LogP contribution in [0.25, 0.3) is 11.2 Å². The molecule has 0 saturated carbocycles. The SMILES string of the molecule is COCCCNc1nc2c(c(=O)[nH]c(=O)n2C)n1C[C@@H](O)COc1ccccc1. The number of hydrogen-bond acceptors (Lipinski definition) is 7. The number of H-pyrrole nitrogens is 1. The number of aromatic amines is 1. The normalized spacial score (nSPS) is 12.2. The van der Waals surface area contributed by atoms with Crippen molar-refractivity contribution in [3.05, 3.63) is 51.2 Å². The highest BCUT2D eigenvalue weighted by Crippen LogP contribution is 2.17. The quantitative estimate of drug-likeness (QED) is 0.416. The van der Waals surface area contributed by atoms with Crippen LogP contribution in [0, 0.1) is 0 Å². The van der Waals surface area contributed by atoms with Gasteiger partial charge < -0.3 is 24.5 Å². The van der Waals surface area contributed by atoms with Crippen LogP contribution < -0.4 is 21.3 Å². The van der Waals surface area contributed by atoms with Crippen molar-refractivity contribution in [3.8, 4) is 5.75 Å².